The standard InChI is InChI=1S/C18H25N5O2S/c1-5-7-14-20-18(23-22-14)26-13(4)17(25)19-10-15(24)21-16-11(2)8-6-9-12(16)3/h6,8-9,13H,5,7,10H2,1-4H3,(H,19,25)(H,21,24)(H,20,22,23). The van der Waals surface area contributed by atoms with E-state index in [9.17, 15) is 9.59 Å². The first-order valence-electron chi connectivity index (χ1n) is 8.62. The van der Waals surface area contributed by atoms with Crippen LogP contribution in [0.5, 0.6) is 0 Å². The van der Waals surface area contributed by atoms with Crippen molar-refractivity contribution in [2.24, 2.45) is 0 Å². The summed E-state index contributed by atoms with van der Waals surface area (Å²) < 4.78 is 0. The molecule has 1 heterocycles. The zero-order chi connectivity index (χ0) is 19.1. The number of thioether (sulfide) groups is 1. The Labute approximate surface area is 157 Å². The van der Waals surface area contributed by atoms with Crippen LogP contribution in [0.2, 0.25) is 0 Å². The van der Waals surface area contributed by atoms with Gasteiger partial charge in [0.2, 0.25) is 17.0 Å². The number of aromatic nitrogens is 3. The van der Waals surface area contributed by atoms with Gasteiger partial charge in [-0.05, 0) is 38.3 Å². The van der Waals surface area contributed by atoms with Crippen LogP contribution in [0.4, 0.5) is 5.69 Å². The number of nitrogens with zero attached hydrogens (tertiary/aromatic N) is 2. The summed E-state index contributed by atoms with van der Waals surface area (Å²) >= 11 is 1.26. The van der Waals surface area contributed by atoms with Crippen molar-refractivity contribution in [1.29, 1.82) is 0 Å². The highest BCUT2D eigenvalue weighted by Gasteiger charge is 2.18. The fraction of sp³-hybridized carbons (Fsp3) is 0.444. The molecular weight excluding hydrogens is 350 g/mol. The maximum absolute atomic E-state index is 12.2. The first-order valence-corrected chi connectivity index (χ1v) is 9.50. The van der Waals surface area contributed by atoms with Crippen molar-refractivity contribution >= 4 is 29.3 Å². The number of para-hydroxylation sites is 1. The van der Waals surface area contributed by atoms with E-state index in [0.717, 1.165) is 35.5 Å². The Kier molecular flexibility index (Phi) is 7.20. The van der Waals surface area contributed by atoms with E-state index in [1.807, 2.05) is 32.0 Å². The maximum atomic E-state index is 12.2. The van der Waals surface area contributed by atoms with Gasteiger partial charge in [-0.1, -0.05) is 36.9 Å². The Morgan fingerprint density at radius 3 is 2.62 bits per heavy atom. The van der Waals surface area contributed by atoms with Gasteiger partial charge in [0.25, 0.3) is 0 Å². The van der Waals surface area contributed by atoms with Crippen molar-refractivity contribution in [1.82, 2.24) is 20.5 Å². The molecule has 2 amide bonds. The molecule has 0 fully saturated rings. The number of hydrogen-bond donors (Lipinski definition) is 3. The van der Waals surface area contributed by atoms with Crippen molar-refractivity contribution < 1.29 is 9.59 Å². The van der Waals surface area contributed by atoms with Gasteiger partial charge < -0.3 is 10.6 Å². The third-order valence-corrected chi connectivity index (χ3v) is 4.78. The molecule has 0 saturated carbocycles. The number of carbonyl (C=O) groups is 2. The van der Waals surface area contributed by atoms with E-state index in [1.54, 1.807) is 6.92 Å². The number of benzene rings is 1. The minimum atomic E-state index is -0.395. The number of aryl methyl sites for hydroxylation is 3. The normalized spacial score (nSPS) is 11.8. The van der Waals surface area contributed by atoms with Crippen LogP contribution in [0, 0.1) is 13.8 Å². The van der Waals surface area contributed by atoms with E-state index in [-0.39, 0.29) is 18.4 Å². The average Bonchev–Trinajstić information content (AvgIpc) is 3.03. The van der Waals surface area contributed by atoms with Crippen molar-refractivity contribution in [3.05, 3.63) is 35.2 Å². The molecule has 8 heteroatoms. The van der Waals surface area contributed by atoms with E-state index in [0.29, 0.717) is 5.16 Å². The van der Waals surface area contributed by atoms with E-state index in [4.69, 9.17) is 0 Å². The molecule has 0 saturated heterocycles. The van der Waals surface area contributed by atoms with Crippen LogP contribution in [-0.2, 0) is 16.0 Å². The maximum Gasteiger partial charge on any atom is 0.243 e. The van der Waals surface area contributed by atoms with Crippen molar-refractivity contribution in [3.8, 4) is 0 Å². The second kappa shape index (κ2) is 9.38. The summed E-state index contributed by atoms with van der Waals surface area (Å²) in [4.78, 5) is 28.6. The number of H-pyrrole nitrogens is 1. The van der Waals surface area contributed by atoms with Gasteiger partial charge in [-0.3, -0.25) is 14.7 Å². The lowest BCUT2D eigenvalue weighted by Crippen LogP contribution is -2.37. The van der Waals surface area contributed by atoms with E-state index in [1.165, 1.54) is 11.8 Å². The highest BCUT2D eigenvalue weighted by atomic mass is 32.2. The van der Waals surface area contributed by atoms with Crippen molar-refractivity contribution in [2.75, 3.05) is 11.9 Å². The molecule has 0 aliphatic carbocycles. The monoisotopic (exact) mass is 375 g/mol. The minimum absolute atomic E-state index is 0.0768. The summed E-state index contributed by atoms with van der Waals surface area (Å²) in [6.45, 7) is 7.62. The second-order valence-corrected chi connectivity index (χ2v) is 7.42. The first kappa shape index (κ1) is 20.0. The molecule has 2 rings (SSSR count). The fourth-order valence-electron chi connectivity index (χ4n) is 2.40. The topological polar surface area (TPSA) is 99.8 Å². The largest absolute Gasteiger partial charge is 0.346 e. The summed E-state index contributed by atoms with van der Waals surface area (Å²) in [5, 5.41) is 12.6. The van der Waals surface area contributed by atoms with Gasteiger partial charge in [0.15, 0.2) is 0 Å². The molecule has 26 heavy (non-hydrogen) atoms. The Bertz CT molecular complexity index is 754. The molecule has 3 N–H and O–H groups in total. The molecule has 1 aromatic carbocycles. The number of amides is 2. The quantitative estimate of drug-likeness (QED) is 0.616. The molecule has 7 nitrogen and oxygen atoms in total. The molecule has 2 aromatic rings. The smallest absolute Gasteiger partial charge is 0.243 e. The average molecular weight is 375 g/mol. The van der Waals surface area contributed by atoms with Crippen LogP contribution < -0.4 is 10.6 Å². The third-order valence-electron chi connectivity index (χ3n) is 3.82. The third kappa shape index (κ3) is 5.59. The van der Waals surface area contributed by atoms with Crippen molar-refractivity contribution in [3.63, 3.8) is 0 Å². The number of nitrogens with one attached hydrogen (secondary N) is 3. The molecule has 140 valence electrons. The molecule has 1 aromatic heterocycles. The Balaban J connectivity index is 1.82. The van der Waals surface area contributed by atoms with Gasteiger partial charge in [-0.2, -0.15) is 0 Å². The predicted molar refractivity (Wildman–Crippen MR) is 103 cm³/mol. The van der Waals surface area contributed by atoms with Crippen LogP contribution in [0.25, 0.3) is 0 Å². The Morgan fingerprint density at radius 1 is 1.27 bits per heavy atom. The van der Waals surface area contributed by atoms with E-state index >= 15 is 0 Å². The second-order valence-electron chi connectivity index (χ2n) is 6.11. The molecule has 1 unspecified atom stereocenters. The molecule has 1 atom stereocenters. The zero-order valence-corrected chi connectivity index (χ0v) is 16.4. The lowest BCUT2D eigenvalue weighted by Gasteiger charge is -2.13. The molecule has 0 spiro atoms. The molecular formula is C18H25N5O2S. The van der Waals surface area contributed by atoms with Gasteiger partial charge in [-0.15, -0.1) is 5.10 Å². The number of anilines is 1. The van der Waals surface area contributed by atoms with Gasteiger partial charge in [-0.25, -0.2) is 4.98 Å². The number of aromatic amines is 1. The van der Waals surface area contributed by atoms with E-state index < -0.39 is 5.25 Å². The summed E-state index contributed by atoms with van der Waals surface area (Å²) in [5.41, 5.74) is 2.76. The highest BCUT2D eigenvalue weighted by Crippen LogP contribution is 2.20. The SMILES string of the molecule is CCCc1nc(SC(C)C(=O)NCC(=O)Nc2c(C)cccc2C)n[nH]1. The summed E-state index contributed by atoms with van der Waals surface area (Å²) in [5.74, 6) is 0.333. The summed E-state index contributed by atoms with van der Waals surface area (Å²) in [6.07, 6.45) is 1.80. The van der Waals surface area contributed by atoms with Gasteiger partial charge in [0.05, 0.1) is 11.8 Å². The summed E-state index contributed by atoms with van der Waals surface area (Å²) in [7, 11) is 0. The van der Waals surface area contributed by atoms with Gasteiger partial charge >= 0.3 is 0 Å². The molecule has 0 radical (unpaired) electrons. The van der Waals surface area contributed by atoms with Crippen LogP contribution in [0.3, 0.4) is 0 Å². The highest BCUT2D eigenvalue weighted by molar-refractivity contribution is 8.00. The number of carbonyl (C=O) groups excluding carboxylic acids is 2. The fourth-order valence-corrected chi connectivity index (χ4v) is 3.16. The van der Waals surface area contributed by atoms with Crippen LogP contribution in [0.15, 0.2) is 23.4 Å². The zero-order valence-electron chi connectivity index (χ0n) is 15.5. The molecule has 0 bridgehead atoms. The van der Waals surface area contributed by atoms with Crippen LogP contribution in [0.1, 0.15) is 37.2 Å². The lowest BCUT2D eigenvalue weighted by molar-refractivity contribution is -0.123. The van der Waals surface area contributed by atoms with Crippen LogP contribution >= 0.6 is 11.8 Å². The first-order chi connectivity index (χ1) is 12.4. The van der Waals surface area contributed by atoms with Crippen LogP contribution in [-0.4, -0.2) is 38.8 Å². The number of rotatable bonds is 8. The lowest BCUT2D eigenvalue weighted by atomic mass is 10.1. The molecule has 0 aliphatic heterocycles. The van der Waals surface area contributed by atoms with E-state index in [2.05, 4.69) is 32.7 Å². The van der Waals surface area contributed by atoms with Gasteiger partial charge in [0.1, 0.15) is 5.82 Å². The summed E-state index contributed by atoms with van der Waals surface area (Å²) in [6, 6.07) is 5.81. The van der Waals surface area contributed by atoms with Gasteiger partial charge in [0, 0.05) is 12.1 Å². The molecule has 0 aliphatic rings. The van der Waals surface area contributed by atoms with Crippen molar-refractivity contribution in [2.45, 2.75) is 50.9 Å². The predicted octanol–water partition coefficient (Wildman–Crippen LogP) is 2.61. The Hall–Kier alpha value is -2.35. The number of hydrogen-bond acceptors (Lipinski definition) is 5. The minimum Gasteiger partial charge on any atom is -0.346 e. The Morgan fingerprint density at radius 2 is 1.96 bits per heavy atom.